The zero-order valence-electron chi connectivity index (χ0n) is 8.48. The summed E-state index contributed by atoms with van der Waals surface area (Å²) in [4.78, 5) is 2.09. The fourth-order valence-electron chi connectivity index (χ4n) is 2.38. The third-order valence-electron chi connectivity index (χ3n) is 3.35. The summed E-state index contributed by atoms with van der Waals surface area (Å²) in [5.41, 5.74) is 0. The Morgan fingerprint density at radius 1 is 0.929 bits per heavy atom. The van der Waals surface area contributed by atoms with Crippen LogP contribution in [-0.2, 0) is 0 Å². The van der Waals surface area contributed by atoms with Crippen LogP contribution in [0.1, 0.15) is 0 Å². The van der Waals surface area contributed by atoms with Crippen LogP contribution in [-0.4, -0.2) is 72.6 Å². The SMILES string of the molecule is CN([C@@H]1CNC[C@H]1O)[C@@H]1CNC[C@H]1O. The van der Waals surface area contributed by atoms with Crippen molar-refractivity contribution in [2.24, 2.45) is 0 Å². The third-order valence-corrected chi connectivity index (χ3v) is 3.35. The van der Waals surface area contributed by atoms with Gasteiger partial charge in [0.15, 0.2) is 0 Å². The lowest BCUT2D eigenvalue weighted by atomic mass is 10.1. The molecule has 2 aliphatic rings. The maximum atomic E-state index is 9.70. The van der Waals surface area contributed by atoms with Crippen LogP contribution in [0.5, 0.6) is 0 Å². The van der Waals surface area contributed by atoms with E-state index >= 15 is 0 Å². The van der Waals surface area contributed by atoms with Crippen LogP contribution >= 0.6 is 0 Å². The molecule has 5 nitrogen and oxygen atoms in total. The Hall–Kier alpha value is -0.200. The van der Waals surface area contributed by atoms with Crippen molar-refractivity contribution in [3.8, 4) is 0 Å². The molecule has 14 heavy (non-hydrogen) atoms. The van der Waals surface area contributed by atoms with Gasteiger partial charge in [0.1, 0.15) is 0 Å². The van der Waals surface area contributed by atoms with E-state index in [2.05, 4.69) is 15.5 Å². The molecule has 0 spiro atoms. The molecule has 0 unspecified atom stereocenters. The number of aliphatic hydroxyl groups is 2. The second kappa shape index (κ2) is 4.12. The Bertz CT molecular complexity index is 182. The quantitative estimate of drug-likeness (QED) is 0.400. The van der Waals surface area contributed by atoms with Gasteiger partial charge in [-0.3, -0.25) is 4.90 Å². The molecule has 5 heteroatoms. The lowest BCUT2D eigenvalue weighted by molar-refractivity contribution is 0.0345. The average Bonchev–Trinajstić information content (AvgIpc) is 2.73. The lowest BCUT2D eigenvalue weighted by Crippen LogP contribution is -2.51. The monoisotopic (exact) mass is 201 g/mol. The first-order chi connectivity index (χ1) is 6.70. The summed E-state index contributed by atoms with van der Waals surface area (Å²) in [6.07, 6.45) is -0.624. The fraction of sp³-hybridized carbons (Fsp3) is 1.00. The third kappa shape index (κ3) is 1.78. The minimum Gasteiger partial charge on any atom is -0.390 e. The van der Waals surface area contributed by atoms with E-state index in [0.29, 0.717) is 13.1 Å². The van der Waals surface area contributed by atoms with Gasteiger partial charge in [-0.05, 0) is 7.05 Å². The van der Waals surface area contributed by atoms with Gasteiger partial charge < -0.3 is 20.8 Å². The topological polar surface area (TPSA) is 67.8 Å². The molecule has 2 aliphatic heterocycles. The van der Waals surface area contributed by atoms with Crippen LogP contribution in [0.4, 0.5) is 0 Å². The van der Waals surface area contributed by atoms with Crippen molar-refractivity contribution in [2.45, 2.75) is 24.3 Å². The number of likely N-dealkylation sites (N-methyl/N-ethyl adjacent to an activating group) is 1. The van der Waals surface area contributed by atoms with Crippen molar-refractivity contribution in [2.75, 3.05) is 33.2 Å². The molecule has 0 aromatic rings. The number of hydrogen-bond acceptors (Lipinski definition) is 5. The van der Waals surface area contributed by atoms with Gasteiger partial charge in [0.2, 0.25) is 0 Å². The van der Waals surface area contributed by atoms with Crippen LogP contribution in [0.3, 0.4) is 0 Å². The van der Waals surface area contributed by atoms with Crippen LogP contribution in [0, 0.1) is 0 Å². The van der Waals surface area contributed by atoms with Crippen molar-refractivity contribution < 1.29 is 10.2 Å². The number of rotatable bonds is 2. The Kier molecular flexibility index (Phi) is 3.04. The molecule has 2 rings (SSSR count). The summed E-state index contributed by atoms with van der Waals surface area (Å²) >= 11 is 0. The molecule has 2 heterocycles. The molecule has 0 radical (unpaired) electrons. The number of nitrogens with zero attached hydrogens (tertiary/aromatic N) is 1. The Morgan fingerprint density at radius 2 is 1.36 bits per heavy atom. The smallest absolute Gasteiger partial charge is 0.0831 e. The Balaban J connectivity index is 1.96. The highest BCUT2D eigenvalue weighted by Gasteiger charge is 2.36. The number of β-amino-alcohol motifs (C(OH)–C–C–N with tert-alkyl or cyclic N) is 2. The average molecular weight is 201 g/mol. The number of nitrogens with one attached hydrogen (secondary N) is 2. The molecule has 0 aromatic heterocycles. The van der Waals surface area contributed by atoms with E-state index in [4.69, 9.17) is 0 Å². The maximum Gasteiger partial charge on any atom is 0.0831 e. The van der Waals surface area contributed by atoms with Gasteiger partial charge in [0.05, 0.1) is 12.2 Å². The normalized spacial score (nSPS) is 43.7. The van der Waals surface area contributed by atoms with Gasteiger partial charge in [-0.25, -0.2) is 0 Å². The number of aliphatic hydroxyl groups excluding tert-OH is 2. The fourth-order valence-corrected chi connectivity index (χ4v) is 2.38. The zero-order valence-corrected chi connectivity index (χ0v) is 8.48. The first kappa shape index (κ1) is 10.3. The second-order valence-corrected chi connectivity index (χ2v) is 4.25. The highest BCUT2D eigenvalue weighted by molar-refractivity contribution is 4.95. The van der Waals surface area contributed by atoms with E-state index < -0.39 is 0 Å². The predicted molar refractivity (Wildman–Crippen MR) is 53.1 cm³/mol. The molecule has 0 aliphatic carbocycles. The molecular weight excluding hydrogens is 182 g/mol. The van der Waals surface area contributed by atoms with E-state index in [9.17, 15) is 10.2 Å². The van der Waals surface area contributed by atoms with Crippen molar-refractivity contribution >= 4 is 0 Å². The number of hydrogen-bond donors (Lipinski definition) is 4. The summed E-state index contributed by atoms with van der Waals surface area (Å²) < 4.78 is 0. The van der Waals surface area contributed by atoms with Crippen LogP contribution in [0.25, 0.3) is 0 Å². The minimum atomic E-state index is -0.312. The highest BCUT2D eigenvalue weighted by Crippen LogP contribution is 2.15. The standard InChI is InChI=1S/C9H19N3O2/c1-12(6-2-10-4-8(6)13)7-3-11-5-9(7)14/h6-11,13-14H,2-5H2,1H3/t6-,7-,8-,9-/m1/s1. The van der Waals surface area contributed by atoms with E-state index in [0.717, 1.165) is 13.1 Å². The molecule has 4 atom stereocenters. The van der Waals surface area contributed by atoms with Crippen molar-refractivity contribution in [1.29, 1.82) is 0 Å². The molecule has 2 fully saturated rings. The molecule has 0 aromatic carbocycles. The first-order valence-electron chi connectivity index (χ1n) is 5.19. The van der Waals surface area contributed by atoms with E-state index in [1.54, 1.807) is 0 Å². The van der Waals surface area contributed by atoms with E-state index in [-0.39, 0.29) is 24.3 Å². The molecular formula is C9H19N3O2. The largest absolute Gasteiger partial charge is 0.390 e. The van der Waals surface area contributed by atoms with Crippen molar-refractivity contribution in [3.05, 3.63) is 0 Å². The van der Waals surface area contributed by atoms with Crippen LogP contribution in [0.2, 0.25) is 0 Å². The Morgan fingerprint density at radius 3 is 1.64 bits per heavy atom. The summed E-state index contributed by atoms with van der Waals surface area (Å²) in [6.45, 7) is 2.93. The van der Waals surface area contributed by atoms with Gasteiger partial charge >= 0.3 is 0 Å². The van der Waals surface area contributed by atoms with Gasteiger partial charge in [0, 0.05) is 38.3 Å². The van der Waals surface area contributed by atoms with E-state index in [1.165, 1.54) is 0 Å². The second-order valence-electron chi connectivity index (χ2n) is 4.25. The molecule has 4 N–H and O–H groups in total. The van der Waals surface area contributed by atoms with E-state index in [1.807, 2.05) is 7.05 Å². The van der Waals surface area contributed by atoms with Crippen molar-refractivity contribution in [1.82, 2.24) is 15.5 Å². The first-order valence-corrected chi connectivity index (χ1v) is 5.19. The summed E-state index contributed by atoms with van der Waals surface area (Å²) in [5, 5.41) is 25.7. The molecule has 2 saturated heterocycles. The summed E-state index contributed by atoms with van der Waals surface area (Å²) in [6, 6.07) is 0.268. The lowest BCUT2D eigenvalue weighted by Gasteiger charge is -2.33. The molecule has 82 valence electrons. The zero-order chi connectivity index (χ0) is 10.1. The van der Waals surface area contributed by atoms with Crippen LogP contribution in [0.15, 0.2) is 0 Å². The Labute approximate surface area is 84.1 Å². The highest BCUT2D eigenvalue weighted by atomic mass is 16.3. The van der Waals surface area contributed by atoms with Crippen LogP contribution < -0.4 is 10.6 Å². The maximum absolute atomic E-state index is 9.70. The van der Waals surface area contributed by atoms with Gasteiger partial charge in [-0.1, -0.05) is 0 Å². The van der Waals surface area contributed by atoms with Gasteiger partial charge in [-0.2, -0.15) is 0 Å². The minimum absolute atomic E-state index is 0.134. The molecule has 0 amide bonds. The molecule has 0 bridgehead atoms. The van der Waals surface area contributed by atoms with Gasteiger partial charge in [-0.15, -0.1) is 0 Å². The molecule has 0 saturated carbocycles. The summed E-state index contributed by atoms with van der Waals surface area (Å²) in [7, 11) is 1.97. The van der Waals surface area contributed by atoms with Gasteiger partial charge in [0.25, 0.3) is 0 Å². The van der Waals surface area contributed by atoms with Crippen molar-refractivity contribution in [3.63, 3.8) is 0 Å². The summed E-state index contributed by atoms with van der Waals surface area (Å²) in [5.74, 6) is 0. The predicted octanol–water partition coefficient (Wildman–Crippen LogP) is -2.42.